The Morgan fingerprint density at radius 1 is 1.38 bits per heavy atom. The van der Waals surface area contributed by atoms with E-state index in [-0.39, 0.29) is 5.41 Å². The highest BCUT2D eigenvalue weighted by molar-refractivity contribution is 7.80. The maximum atomic E-state index is 6.48. The third kappa shape index (κ3) is 3.41. The first-order valence-corrected chi connectivity index (χ1v) is 8.46. The number of aromatic nitrogens is 2. The van der Waals surface area contributed by atoms with Gasteiger partial charge in [0.25, 0.3) is 0 Å². The van der Waals surface area contributed by atoms with Crippen LogP contribution in [-0.2, 0) is 19.5 Å². The number of nitrogens with two attached hydrogens (primary N) is 1. The molecule has 1 aromatic heterocycles. The molecule has 0 spiro atoms. The van der Waals surface area contributed by atoms with Crippen LogP contribution in [0.2, 0.25) is 5.02 Å². The minimum absolute atomic E-state index is 0.00913. The standard InChI is InChI=1S/C15H25ClN4S/c1-4-11-13(16)12(20(5-2)18-11)10-19-8-6-15(3,7-9-19)14(17)21/h4-10H2,1-3H3,(H2,17,21). The van der Waals surface area contributed by atoms with Crippen LogP contribution in [-0.4, -0.2) is 32.8 Å². The number of halogens is 1. The van der Waals surface area contributed by atoms with Crippen molar-refractivity contribution in [2.24, 2.45) is 11.1 Å². The van der Waals surface area contributed by atoms with Crippen molar-refractivity contribution in [3.05, 3.63) is 16.4 Å². The van der Waals surface area contributed by atoms with Crippen molar-refractivity contribution < 1.29 is 0 Å². The fourth-order valence-electron chi connectivity index (χ4n) is 2.83. The molecular weight excluding hydrogens is 304 g/mol. The second-order valence-corrected chi connectivity index (χ2v) is 6.90. The molecule has 2 rings (SSSR count). The summed E-state index contributed by atoms with van der Waals surface area (Å²) in [6.45, 7) is 10.1. The Morgan fingerprint density at radius 3 is 2.48 bits per heavy atom. The number of aryl methyl sites for hydroxylation is 2. The quantitative estimate of drug-likeness (QED) is 0.844. The Bertz CT molecular complexity index is 518. The normalized spacial score (nSPS) is 18.9. The lowest BCUT2D eigenvalue weighted by Gasteiger charge is -2.38. The van der Waals surface area contributed by atoms with E-state index in [1.165, 1.54) is 0 Å². The SMILES string of the molecule is CCc1nn(CC)c(CN2CCC(C)(C(N)=S)CC2)c1Cl. The van der Waals surface area contributed by atoms with Crippen molar-refractivity contribution in [2.45, 2.75) is 53.1 Å². The van der Waals surface area contributed by atoms with Gasteiger partial charge >= 0.3 is 0 Å². The predicted molar refractivity (Wildman–Crippen MR) is 91.7 cm³/mol. The molecule has 1 aliphatic rings. The molecule has 0 saturated carbocycles. The molecule has 6 heteroatoms. The van der Waals surface area contributed by atoms with Crippen molar-refractivity contribution in [1.29, 1.82) is 0 Å². The highest BCUT2D eigenvalue weighted by Crippen LogP contribution is 2.32. The lowest BCUT2D eigenvalue weighted by Crippen LogP contribution is -2.44. The van der Waals surface area contributed by atoms with Crippen LogP contribution >= 0.6 is 23.8 Å². The third-order valence-corrected chi connectivity index (χ3v) is 5.55. The smallest absolute Gasteiger partial charge is 0.0863 e. The molecule has 0 atom stereocenters. The van der Waals surface area contributed by atoms with Gasteiger partial charge in [0.1, 0.15) is 0 Å². The number of thiocarbonyl (C=S) groups is 1. The van der Waals surface area contributed by atoms with E-state index in [0.717, 1.165) is 61.9 Å². The Labute approximate surface area is 137 Å². The van der Waals surface area contributed by atoms with Gasteiger partial charge in [-0.2, -0.15) is 5.10 Å². The highest BCUT2D eigenvalue weighted by atomic mass is 35.5. The maximum absolute atomic E-state index is 6.48. The van der Waals surface area contributed by atoms with Crippen LogP contribution in [0.15, 0.2) is 0 Å². The van der Waals surface area contributed by atoms with E-state index in [0.29, 0.717) is 4.99 Å². The van der Waals surface area contributed by atoms with Crippen LogP contribution in [0.3, 0.4) is 0 Å². The van der Waals surface area contributed by atoms with Gasteiger partial charge in [-0.1, -0.05) is 37.7 Å². The summed E-state index contributed by atoms with van der Waals surface area (Å²) >= 11 is 11.7. The molecule has 1 aliphatic heterocycles. The van der Waals surface area contributed by atoms with E-state index in [4.69, 9.17) is 29.6 Å². The van der Waals surface area contributed by atoms with E-state index in [1.54, 1.807) is 0 Å². The molecule has 0 radical (unpaired) electrons. The van der Waals surface area contributed by atoms with Gasteiger partial charge in [-0.05, 0) is 39.3 Å². The summed E-state index contributed by atoms with van der Waals surface area (Å²) in [5, 5.41) is 5.42. The number of likely N-dealkylation sites (tertiary alicyclic amines) is 1. The van der Waals surface area contributed by atoms with Gasteiger partial charge in [0.15, 0.2) is 0 Å². The van der Waals surface area contributed by atoms with Crippen LogP contribution in [0.1, 0.15) is 45.0 Å². The fourth-order valence-corrected chi connectivity index (χ4v) is 3.36. The highest BCUT2D eigenvalue weighted by Gasteiger charge is 2.33. The van der Waals surface area contributed by atoms with Crippen LogP contribution < -0.4 is 5.73 Å². The van der Waals surface area contributed by atoms with Gasteiger partial charge in [0.2, 0.25) is 0 Å². The largest absolute Gasteiger partial charge is 0.393 e. The van der Waals surface area contributed by atoms with Crippen molar-refractivity contribution >= 4 is 28.8 Å². The zero-order valence-corrected chi connectivity index (χ0v) is 14.7. The maximum Gasteiger partial charge on any atom is 0.0863 e. The molecule has 4 nitrogen and oxygen atoms in total. The Kier molecular flexibility index (Phi) is 5.28. The number of hydrogen-bond acceptors (Lipinski definition) is 3. The zero-order chi connectivity index (χ0) is 15.6. The van der Waals surface area contributed by atoms with Gasteiger partial charge in [0, 0.05) is 18.5 Å². The number of hydrogen-bond donors (Lipinski definition) is 1. The first kappa shape index (κ1) is 16.7. The second kappa shape index (κ2) is 6.63. The summed E-state index contributed by atoms with van der Waals surface area (Å²) in [5.74, 6) is 0. The zero-order valence-electron chi connectivity index (χ0n) is 13.2. The number of piperidine rings is 1. The van der Waals surface area contributed by atoms with E-state index < -0.39 is 0 Å². The van der Waals surface area contributed by atoms with E-state index >= 15 is 0 Å². The summed E-state index contributed by atoms with van der Waals surface area (Å²) in [5.41, 5.74) is 8.01. The van der Waals surface area contributed by atoms with Gasteiger partial charge < -0.3 is 5.73 Å². The molecular formula is C15H25ClN4S. The molecule has 21 heavy (non-hydrogen) atoms. The van der Waals surface area contributed by atoms with Crippen LogP contribution in [0.25, 0.3) is 0 Å². The van der Waals surface area contributed by atoms with Crippen LogP contribution in [0, 0.1) is 5.41 Å². The van der Waals surface area contributed by atoms with Gasteiger partial charge in [-0.3, -0.25) is 9.58 Å². The lowest BCUT2D eigenvalue weighted by atomic mass is 9.80. The summed E-state index contributed by atoms with van der Waals surface area (Å²) < 4.78 is 2.03. The molecule has 2 heterocycles. The van der Waals surface area contributed by atoms with E-state index in [1.807, 2.05) is 4.68 Å². The molecule has 0 aliphatic carbocycles. The Hall–Kier alpha value is -0.650. The molecule has 0 unspecified atom stereocenters. The van der Waals surface area contributed by atoms with Gasteiger partial charge in [0.05, 0.1) is 21.4 Å². The minimum Gasteiger partial charge on any atom is -0.393 e. The van der Waals surface area contributed by atoms with Crippen molar-refractivity contribution in [2.75, 3.05) is 13.1 Å². The molecule has 0 amide bonds. The van der Waals surface area contributed by atoms with Gasteiger partial charge in [-0.15, -0.1) is 0 Å². The number of nitrogens with zero attached hydrogens (tertiary/aromatic N) is 3. The van der Waals surface area contributed by atoms with Crippen molar-refractivity contribution in [3.63, 3.8) is 0 Å². The third-order valence-electron chi connectivity index (χ3n) is 4.62. The summed E-state index contributed by atoms with van der Waals surface area (Å²) in [4.78, 5) is 3.07. The Morgan fingerprint density at radius 2 is 2.00 bits per heavy atom. The molecule has 1 fully saturated rings. The molecule has 0 bridgehead atoms. The summed E-state index contributed by atoms with van der Waals surface area (Å²) in [6, 6.07) is 0. The Balaban J connectivity index is 2.07. The fraction of sp³-hybridized carbons (Fsp3) is 0.733. The summed E-state index contributed by atoms with van der Waals surface area (Å²) in [7, 11) is 0. The molecule has 2 N–H and O–H groups in total. The average molecular weight is 329 g/mol. The lowest BCUT2D eigenvalue weighted by molar-refractivity contribution is 0.154. The van der Waals surface area contributed by atoms with Crippen molar-refractivity contribution in [3.8, 4) is 0 Å². The predicted octanol–water partition coefficient (Wildman–Crippen LogP) is 3.01. The average Bonchev–Trinajstić information content (AvgIpc) is 2.77. The first-order valence-electron chi connectivity index (χ1n) is 7.67. The minimum atomic E-state index is 0.00913. The first-order chi connectivity index (χ1) is 9.91. The molecule has 118 valence electrons. The van der Waals surface area contributed by atoms with Crippen LogP contribution in [0.4, 0.5) is 0 Å². The van der Waals surface area contributed by atoms with Crippen LogP contribution in [0.5, 0.6) is 0 Å². The topological polar surface area (TPSA) is 47.1 Å². The van der Waals surface area contributed by atoms with E-state index in [2.05, 4.69) is 30.8 Å². The molecule has 0 aromatic carbocycles. The van der Waals surface area contributed by atoms with Gasteiger partial charge in [-0.25, -0.2) is 0 Å². The van der Waals surface area contributed by atoms with Crippen molar-refractivity contribution in [1.82, 2.24) is 14.7 Å². The number of rotatable bonds is 5. The monoisotopic (exact) mass is 328 g/mol. The molecule has 1 saturated heterocycles. The second-order valence-electron chi connectivity index (χ2n) is 6.08. The molecule has 1 aromatic rings. The summed E-state index contributed by atoms with van der Waals surface area (Å²) in [6.07, 6.45) is 2.90. The van der Waals surface area contributed by atoms with E-state index in [9.17, 15) is 0 Å².